The molecule has 0 saturated carbocycles. The van der Waals surface area contributed by atoms with Gasteiger partial charge in [-0.1, -0.05) is 6.07 Å². The highest BCUT2D eigenvalue weighted by Gasteiger charge is 2.17. The number of amides is 1. The lowest BCUT2D eigenvalue weighted by Crippen LogP contribution is -2.17. The summed E-state index contributed by atoms with van der Waals surface area (Å²) in [7, 11) is 0. The van der Waals surface area contributed by atoms with Crippen LogP contribution in [0.15, 0.2) is 18.2 Å². The summed E-state index contributed by atoms with van der Waals surface area (Å²) in [4.78, 5) is 15.2. The Morgan fingerprint density at radius 2 is 2.29 bits per heavy atom. The standard InChI is InChI=1S/C14H18ClN3O3/c1-3-20-11-6-4-5-10-12(11)17-13(9(2)15)18(10)7-8-21-14(16)19/h4-6,9H,3,7-8H2,1-2H3,(H2,16,19). The molecule has 1 amide bonds. The van der Waals surface area contributed by atoms with Gasteiger partial charge in [0.2, 0.25) is 0 Å². The van der Waals surface area contributed by atoms with Crippen LogP contribution < -0.4 is 10.5 Å². The minimum absolute atomic E-state index is 0.163. The maximum atomic E-state index is 10.7. The van der Waals surface area contributed by atoms with Crippen LogP contribution in [-0.4, -0.2) is 28.9 Å². The number of aromatic nitrogens is 2. The Morgan fingerprint density at radius 3 is 2.90 bits per heavy atom. The van der Waals surface area contributed by atoms with Crippen molar-refractivity contribution in [2.75, 3.05) is 13.2 Å². The lowest BCUT2D eigenvalue weighted by Gasteiger charge is -2.10. The van der Waals surface area contributed by atoms with Gasteiger partial charge in [-0.2, -0.15) is 0 Å². The number of para-hydroxylation sites is 1. The van der Waals surface area contributed by atoms with Gasteiger partial charge in [-0.15, -0.1) is 11.6 Å². The molecule has 0 aliphatic carbocycles. The van der Waals surface area contributed by atoms with Crippen molar-refractivity contribution in [3.63, 3.8) is 0 Å². The van der Waals surface area contributed by atoms with Crippen molar-refractivity contribution in [3.05, 3.63) is 24.0 Å². The smallest absolute Gasteiger partial charge is 0.404 e. The zero-order chi connectivity index (χ0) is 15.4. The minimum atomic E-state index is -0.796. The van der Waals surface area contributed by atoms with Gasteiger partial charge in [-0.3, -0.25) is 0 Å². The second-order valence-electron chi connectivity index (χ2n) is 4.46. The first-order valence-corrected chi connectivity index (χ1v) is 7.16. The molecule has 1 heterocycles. The largest absolute Gasteiger partial charge is 0.492 e. The number of carbonyl (C=O) groups is 1. The van der Waals surface area contributed by atoms with Gasteiger partial charge in [0.1, 0.15) is 23.7 Å². The van der Waals surface area contributed by atoms with Crippen molar-refractivity contribution in [3.8, 4) is 5.75 Å². The van der Waals surface area contributed by atoms with E-state index < -0.39 is 6.09 Å². The topological polar surface area (TPSA) is 79.4 Å². The van der Waals surface area contributed by atoms with Crippen molar-refractivity contribution in [1.29, 1.82) is 0 Å². The fraction of sp³-hybridized carbons (Fsp3) is 0.429. The minimum Gasteiger partial charge on any atom is -0.492 e. The maximum Gasteiger partial charge on any atom is 0.404 e. The van der Waals surface area contributed by atoms with Crippen LogP contribution in [-0.2, 0) is 11.3 Å². The Kier molecular flexibility index (Phi) is 4.90. The molecule has 7 heteroatoms. The molecule has 2 N–H and O–H groups in total. The monoisotopic (exact) mass is 311 g/mol. The highest BCUT2D eigenvalue weighted by atomic mass is 35.5. The van der Waals surface area contributed by atoms with E-state index in [1.807, 2.05) is 36.6 Å². The van der Waals surface area contributed by atoms with Gasteiger partial charge in [0, 0.05) is 0 Å². The first-order chi connectivity index (χ1) is 10.0. The molecule has 0 aliphatic rings. The Hall–Kier alpha value is -1.95. The lowest BCUT2D eigenvalue weighted by atomic mass is 10.3. The molecular formula is C14H18ClN3O3. The third kappa shape index (κ3) is 3.39. The Labute approximate surface area is 127 Å². The number of alkyl halides is 1. The molecule has 1 unspecified atom stereocenters. The molecule has 0 fully saturated rings. The number of imidazole rings is 1. The van der Waals surface area contributed by atoms with Gasteiger partial charge in [0.25, 0.3) is 0 Å². The predicted molar refractivity (Wildman–Crippen MR) is 80.7 cm³/mol. The zero-order valence-corrected chi connectivity index (χ0v) is 12.8. The quantitative estimate of drug-likeness (QED) is 0.832. The molecule has 1 aromatic heterocycles. The Balaban J connectivity index is 2.42. The average molecular weight is 312 g/mol. The molecule has 1 aromatic carbocycles. The van der Waals surface area contributed by atoms with E-state index in [0.29, 0.717) is 24.7 Å². The second-order valence-corrected chi connectivity index (χ2v) is 5.12. The SMILES string of the molecule is CCOc1cccc2c1nc(C(C)Cl)n2CCOC(N)=O. The molecule has 1 atom stereocenters. The lowest BCUT2D eigenvalue weighted by molar-refractivity contribution is 0.152. The summed E-state index contributed by atoms with van der Waals surface area (Å²) in [6.07, 6.45) is -0.796. The molecule has 0 saturated heterocycles. The fourth-order valence-electron chi connectivity index (χ4n) is 2.19. The van der Waals surface area contributed by atoms with E-state index in [1.54, 1.807) is 0 Å². The summed E-state index contributed by atoms with van der Waals surface area (Å²) >= 11 is 6.19. The van der Waals surface area contributed by atoms with Gasteiger partial charge < -0.3 is 19.8 Å². The van der Waals surface area contributed by atoms with E-state index in [1.165, 1.54) is 0 Å². The third-order valence-electron chi connectivity index (χ3n) is 2.99. The molecule has 0 spiro atoms. The van der Waals surface area contributed by atoms with Crippen LogP contribution in [0.3, 0.4) is 0 Å². The number of ether oxygens (including phenoxy) is 2. The molecule has 21 heavy (non-hydrogen) atoms. The Morgan fingerprint density at radius 1 is 1.52 bits per heavy atom. The highest BCUT2D eigenvalue weighted by Crippen LogP contribution is 2.30. The van der Waals surface area contributed by atoms with Gasteiger partial charge >= 0.3 is 6.09 Å². The number of carbonyl (C=O) groups excluding carboxylic acids is 1. The molecule has 0 aliphatic heterocycles. The van der Waals surface area contributed by atoms with E-state index in [-0.39, 0.29) is 12.0 Å². The molecule has 2 aromatic rings. The normalized spacial score (nSPS) is 12.3. The Bertz CT molecular complexity index is 640. The van der Waals surface area contributed by atoms with Crippen molar-refractivity contribution >= 4 is 28.7 Å². The number of rotatable bonds is 6. The van der Waals surface area contributed by atoms with Crippen LogP contribution in [0.4, 0.5) is 4.79 Å². The number of nitrogens with zero attached hydrogens (tertiary/aromatic N) is 2. The van der Waals surface area contributed by atoms with Crippen LogP contribution in [0.2, 0.25) is 0 Å². The molecule has 6 nitrogen and oxygen atoms in total. The summed E-state index contributed by atoms with van der Waals surface area (Å²) in [6, 6.07) is 5.69. The number of nitrogens with two attached hydrogens (primary N) is 1. The first kappa shape index (κ1) is 15.4. The molecule has 0 bridgehead atoms. The summed E-state index contributed by atoms with van der Waals surface area (Å²) in [5.74, 6) is 1.41. The van der Waals surface area contributed by atoms with Crippen LogP contribution in [0.5, 0.6) is 5.75 Å². The molecular weight excluding hydrogens is 294 g/mol. The van der Waals surface area contributed by atoms with Crippen LogP contribution >= 0.6 is 11.6 Å². The zero-order valence-electron chi connectivity index (χ0n) is 12.0. The first-order valence-electron chi connectivity index (χ1n) is 6.72. The van der Waals surface area contributed by atoms with Crippen molar-refractivity contribution in [2.45, 2.75) is 25.8 Å². The number of halogens is 1. The average Bonchev–Trinajstić information content (AvgIpc) is 2.79. The third-order valence-corrected chi connectivity index (χ3v) is 3.18. The van der Waals surface area contributed by atoms with E-state index in [4.69, 9.17) is 26.8 Å². The summed E-state index contributed by atoms with van der Waals surface area (Å²) < 4.78 is 12.3. The van der Waals surface area contributed by atoms with Crippen molar-refractivity contribution in [1.82, 2.24) is 9.55 Å². The summed E-state index contributed by atoms with van der Waals surface area (Å²) in [6.45, 7) is 4.91. The summed E-state index contributed by atoms with van der Waals surface area (Å²) in [5, 5.41) is -0.277. The number of benzene rings is 1. The van der Waals surface area contributed by atoms with Crippen LogP contribution in [0, 0.1) is 0 Å². The van der Waals surface area contributed by atoms with E-state index in [9.17, 15) is 4.79 Å². The van der Waals surface area contributed by atoms with Crippen molar-refractivity contribution < 1.29 is 14.3 Å². The maximum absolute atomic E-state index is 10.7. The van der Waals surface area contributed by atoms with Crippen molar-refractivity contribution in [2.24, 2.45) is 5.73 Å². The van der Waals surface area contributed by atoms with Gasteiger partial charge in [0.15, 0.2) is 0 Å². The predicted octanol–water partition coefficient (Wildman–Crippen LogP) is 2.83. The van der Waals surface area contributed by atoms with E-state index >= 15 is 0 Å². The second kappa shape index (κ2) is 6.67. The molecule has 0 radical (unpaired) electrons. The summed E-state index contributed by atoms with van der Waals surface area (Å²) in [5.41, 5.74) is 6.61. The van der Waals surface area contributed by atoms with E-state index in [2.05, 4.69) is 4.98 Å². The number of hydrogen-bond acceptors (Lipinski definition) is 4. The van der Waals surface area contributed by atoms with Crippen LogP contribution in [0.25, 0.3) is 11.0 Å². The van der Waals surface area contributed by atoms with Gasteiger partial charge in [0.05, 0.1) is 24.0 Å². The van der Waals surface area contributed by atoms with Gasteiger partial charge in [-0.05, 0) is 26.0 Å². The van der Waals surface area contributed by atoms with Gasteiger partial charge in [-0.25, -0.2) is 9.78 Å². The molecule has 114 valence electrons. The van der Waals surface area contributed by atoms with Crippen LogP contribution in [0.1, 0.15) is 25.0 Å². The number of hydrogen-bond donors (Lipinski definition) is 1. The van der Waals surface area contributed by atoms with E-state index in [0.717, 1.165) is 11.0 Å². The number of primary amides is 1. The number of fused-ring (bicyclic) bond motifs is 1. The molecule has 2 rings (SSSR count). The highest BCUT2D eigenvalue weighted by molar-refractivity contribution is 6.20. The fourth-order valence-corrected chi connectivity index (χ4v) is 2.35.